The second-order valence-electron chi connectivity index (χ2n) is 5.38. The summed E-state index contributed by atoms with van der Waals surface area (Å²) in [6.07, 6.45) is 3.05. The normalized spacial score (nSPS) is 24.8. The van der Waals surface area contributed by atoms with Crippen molar-refractivity contribution in [2.75, 3.05) is 25.9 Å². The van der Waals surface area contributed by atoms with Gasteiger partial charge in [-0.2, -0.15) is 0 Å². The number of aliphatic hydroxyl groups is 1. The maximum absolute atomic E-state index is 12.1. The summed E-state index contributed by atoms with van der Waals surface area (Å²) in [6.45, 7) is 1.72. The number of hydrogen-bond donors (Lipinski definition) is 1. The first-order valence-corrected chi connectivity index (χ1v) is 8.29. The van der Waals surface area contributed by atoms with Gasteiger partial charge in [0.05, 0.1) is 16.9 Å². The highest BCUT2D eigenvalue weighted by Crippen LogP contribution is 2.25. The Morgan fingerprint density at radius 3 is 2.68 bits per heavy atom. The number of nitrogens with zero attached hydrogens (tertiary/aromatic N) is 1. The zero-order valence-electron chi connectivity index (χ0n) is 11.5. The van der Waals surface area contributed by atoms with Crippen LogP contribution in [-0.4, -0.2) is 46.2 Å². The molecule has 1 aliphatic carbocycles. The van der Waals surface area contributed by atoms with Crippen LogP contribution >= 0.6 is 0 Å². The fourth-order valence-electron chi connectivity index (χ4n) is 2.65. The lowest BCUT2D eigenvalue weighted by atomic mass is 10.1. The fraction of sp³-hybridized carbons (Fsp3) is 0.600. The lowest BCUT2D eigenvalue weighted by Crippen LogP contribution is -2.32. The molecule has 0 heterocycles. The second-order valence-corrected chi connectivity index (χ2v) is 6.95. The van der Waals surface area contributed by atoms with Crippen LogP contribution in [0.2, 0.25) is 0 Å². The van der Waals surface area contributed by atoms with E-state index in [1.165, 1.54) is 0 Å². The van der Waals surface area contributed by atoms with E-state index in [0.29, 0.717) is 11.7 Å². The van der Waals surface area contributed by atoms with Crippen molar-refractivity contribution in [3.05, 3.63) is 30.3 Å². The molecule has 0 bridgehead atoms. The fourth-order valence-corrected chi connectivity index (χ4v) is 3.82. The summed E-state index contributed by atoms with van der Waals surface area (Å²) in [5.41, 5.74) is 0. The molecular weight excluding hydrogens is 258 g/mol. The molecule has 1 aromatic rings. The molecule has 4 heteroatoms. The Labute approximate surface area is 118 Å². The molecule has 1 aromatic carbocycles. The van der Waals surface area contributed by atoms with Crippen LogP contribution in [0.1, 0.15) is 19.3 Å². The topological polar surface area (TPSA) is 40.5 Å². The molecule has 1 saturated carbocycles. The van der Waals surface area contributed by atoms with E-state index in [1.54, 1.807) is 0 Å². The van der Waals surface area contributed by atoms with Crippen molar-refractivity contribution < 1.29 is 9.32 Å². The Morgan fingerprint density at radius 2 is 2.05 bits per heavy atom. The first-order valence-electron chi connectivity index (χ1n) is 6.97. The molecule has 0 radical (unpaired) electrons. The molecule has 0 aliphatic heterocycles. The highest BCUT2D eigenvalue weighted by Gasteiger charge is 2.26. The minimum absolute atomic E-state index is 0.137. The van der Waals surface area contributed by atoms with E-state index in [0.717, 1.165) is 37.2 Å². The van der Waals surface area contributed by atoms with E-state index in [2.05, 4.69) is 4.90 Å². The Bertz CT molecular complexity index is 410. The zero-order valence-corrected chi connectivity index (χ0v) is 12.3. The largest absolute Gasteiger partial charge is 0.393 e. The van der Waals surface area contributed by atoms with Crippen LogP contribution in [0.3, 0.4) is 0 Å². The number of rotatable bonds is 6. The average Bonchev–Trinajstić information content (AvgIpc) is 2.82. The van der Waals surface area contributed by atoms with Gasteiger partial charge in [-0.15, -0.1) is 0 Å². The smallest absolute Gasteiger partial charge is 0.0580 e. The molecule has 0 aromatic heterocycles. The van der Waals surface area contributed by atoms with E-state index in [1.807, 2.05) is 37.4 Å². The highest BCUT2D eigenvalue weighted by molar-refractivity contribution is 7.85. The summed E-state index contributed by atoms with van der Waals surface area (Å²) in [5.74, 6) is 1.05. The van der Waals surface area contributed by atoms with Gasteiger partial charge in [0.15, 0.2) is 0 Å². The van der Waals surface area contributed by atoms with Gasteiger partial charge in [0.2, 0.25) is 0 Å². The van der Waals surface area contributed by atoms with Crippen LogP contribution in [0.5, 0.6) is 0 Å². The van der Waals surface area contributed by atoms with Crippen LogP contribution in [0.4, 0.5) is 0 Å². The van der Waals surface area contributed by atoms with E-state index < -0.39 is 10.8 Å². The summed E-state index contributed by atoms with van der Waals surface area (Å²) < 4.78 is 12.1. The molecule has 3 nitrogen and oxygen atoms in total. The Morgan fingerprint density at radius 1 is 1.32 bits per heavy atom. The lowest BCUT2D eigenvalue weighted by molar-refractivity contribution is 0.111. The van der Waals surface area contributed by atoms with Crippen molar-refractivity contribution in [3.8, 4) is 0 Å². The Balaban J connectivity index is 1.74. The van der Waals surface area contributed by atoms with Crippen molar-refractivity contribution in [1.29, 1.82) is 0 Å². The van der Waals surface area contributed by atoms with Crippen LogP contribution < -0.4 is 0 Å². The third-order valence-electron chi connectivity index (χ3n) is 3.83. The molecule has 106 valence electrons. The van der Waals surface area contributed by atoms with Crippen molar-refractivity contribution >= 4 is 10.8 Å². The van der Waals surface area contributed by atoms with Crippen LogP contribution in [0.15, 0.2) is 35.2 Å². The van der Waals surface area contributed by atoms with Crippen molar-refractivity contribution in [2.45, 2.75) is 30.3 Å². The number of hydrogen-bond acceptors (Lipinski definition) is 3. The summed E-state index contributed by atoms with van der Waals surface area (Å²) in [4.78, 5) is 3.09. The van der Waals surface area contributed by atoms with Gasteiger partial charge in [0.1, 0.15) is 0 Å². The molecule has 3 unspecified atom stereocenters. The third kappa shape index (κ3) is 4.41. The molecule has 19 heavy (non-hydrogen) atoms. The number of aliphatic hydroxyl groups excluding tert-OH is 1. The zero-order chi connectivity index (χ0) is 13.7. The van der Waals surface area contributed by atoms with Crippen molar-refractivity contribution in [3.63, 3.8) is 0 Å². The first kappa shape index (κ1) is 14.7. The molecule has 2 rings (SSSR count). The van der Waals surface area contributed by atoms with Gasteiger partial charge in [0.25, 0.3) is 0 Å². The first-order chi connectivity index (χ1) is 9.16. The second kappa shape index (κ2) is 7.17. The van der Waals surface area contributed by atoms with E-state index >= 15 is 0 Å². The maximum atomic E-state index is 12.1. The molecular formula is C15H23NO2S. The lowest BCUT2D eigenvalue weighted by Gasteiger charge is -2.22. The van der Waals surface area contributed by atoms with Gasteiger partial charge >= 0.3 is 0 Å². The van der Waals surface area contributed by atoms with Crippen molar-refractivity contribution in [2.24, 2.45) is 5.92 Å². The minimum atomic E-state index is -0.920. The molecule has 0 saturated heterocycles. The molecule has 0 spiro atoms. The Kier molecular flexibility index (Phi) is 5.55. The minimum Gasteiger partial charge on any atom is -0.393 e. The van der Waals surface area contributed by atoms with Crippen LogP contribution in [-0.2, 0) is 10.8 Å². The van der Waals surface area contributed by atoms with Gasteiger partial charge < -0.3 is 10.0 Å². The molecule has 1 aliphatic rings. The van der Waals surface area contributed by atoms with Crippen LogP contribution in [0.25, 0.3) is 0 Å². The predicted molar refractivity (Wildman–Crippen MR) is 78.6 cm³/mol. The summed E-state index contributed by atoms with van der Waals surface area (Å²) >= 11 is 0. The van der Waals surface area contributed by atoms with Gasteiger partial charge in [-0.1, -0.05) is 24.6 Å². The van der Waals surface area contributed by atoms with Gasteiger partial charge in [-0.3, -0.25) is 4.21 Å². The third-order valence-corrected chi connectivity index (χ3v) is 5.18. The average molecular weight is 281 g/mol. The van der Waals surface area contributed by atoms with Gasteiger partial charge in [0, 0.05) is 23.7 Å². The maximum Gasteiger partial charge on any atom is 0.0580 e. The van der Waals surface area contributed by atoms with E-state index in [9.17, 15) is 9.32 Å². The number of benzene rings is 1. The predicted octanol–water partition coefficient (Wildman–Crippen LogP) is 1.89. The van der Waals surface area contributed by atoms with Gasteiger partial charge in [-0.05, 0) is 37.9 Å². The standard InChI is InChI=1S/C15H23NO2S/c1-16(12-13-6-5-9-15(13)17)10-11-19(18)14-7-3-2-4-8-14/h2-4,7-8,13,15,17H,5-6,9-12H2,1H3. The quantitative estimate of drug-likeness (QED) is 0.865. The van der Waals surface area contributed by atoms with E-state index in [-0.39, 0.29) is 6.10 Å². The summed E-state index contributed by atoms with van der Waals surface area (Å²) in [6, 6.07) is 9.61. The molecule has 1 fully saturated rings. The van der Waals surface area contributed by atoms with Crippen LogP contribution in [0, 0.1) is 5.92 Å². The summed E-state index contributed by atoms with van der Waals surface area (Å²) in [5, 5.41) is 9.81. The highest BCUT2D eigenvalue weighted by atomic mass is 32.2. The monoisotopic (exact) mass is 281 g/mol. The SMILES string of the molecule is CN(CCS(=O)c1ccccc1)CC1CCCC1O. The molecule has 1 N–H and O–H groups in total. The molecule has 0 amide bonds. The summed E-state index contributed by atoms with van der Waals surface area (Å²) in [7, 11) is 1.13. The van der Waals surface area contributed by atoms with Crippen molar-refractivity contribution in [1.82, 2.24) is 4.90 Å². The molecule has 3 atom stereocenters. The van der Waals surface area contributed by atoms with E-state index in [4.69, 9.17) is 0 Å². The van der Waals surface area contributed by atoms with Gasteiger partial charge in [-0.25, -0.2) is 0 Å². The Hall–Kier alpha value is -0.710.